The average Bonchev–Trinajstić information content (AvgIpc) is 3.15. The first-order valence-electron chi connectivity index (χ1n) is 8.03. The van der Waals surface area contributed by atoms with Gasteiger partial charge in [0.15, 0.2) is 5.69 Å². The summed E-state index contributed by atoms with van der Waals surface area (Å²) < 4.78 is 1.29. The van der Waals surface area contributed by atoms with E-state index in [1.807, 2.05) is 11.0 Å². The monoisotopic (exact) mass is 327 g/mol. The molecule has 1 saturated heterocycles. The number of nitrogens with zero attached hydrogens (tertiary/aromatic N) is 4. The highest BCUT2D eigenvalue weighted by Crippen LogP contribution is 2.36. The van der Waals surface area contributed by atoms with Crippen LogP contribution in [0, 0.1) is 13.8 Å². The van der Waals surface area contributed by atoms with Crippen LogP contribution >= 0.6 is 0 Å². The molecule has 0 spiro atoms. The molecule has 1 unspecified atom stereocenters. The first kappa shape index (κ1) is 16.2. The van der Waals surface area contributed by atoms with Crippen molar-refractivity contribution >= 4 is 11.8 Å². The number of rotatable bonds is 4. The number of nitrogens with two attached hydrogens (primary N) is 1. The van der Waals surface area contributed by atoms with Gasteiger partial charge < -0.3 is 10.6 Å². The van der Waals surface area contributed by atoms with Crippen LogP contribution in [0.2, 0.25) is 0 Å². The van der Waals surface area contributed by atoms with Crippen LogP contribution in [-0.4, -0.2) is 38.3 Å². The molecule has 2 amide bonds. The van der Waals surface area contributed by atoms with E-state index < -0.39 is 5.91 Å². The third-order valence-electron chi connectivity index (χ3n) is 4.46. The van der Waals surface area contributed by atoms with Gasteiger partial charge in [0.05, 0.1) is 12.2 Å². The molecule has 2 aromatic rings. The number of hydrogen-bond donors (Lipinski definition) is 1. The summed E-state index contributed by atoms with van der Waals surface area (Å²) >= 11 is 0. The minimum Gasteiger partial charge on any atom is -0.368 e. The van der Waals surface area contributed by atoms with Crippen molar-refractivity contribution in [2.75, 3.05) is 6.54 Å². The Bertz CT molecular complexity index is 763. The second-order valence-corrected chi connectivity index (χ2v) is 6.23. The standard InChI is InChI=1S/C17H21N5O2/c1-11-5-3-6-12(2)16(11)14-7-4-8-22(14)17(24)13-9-21(20-19-13)10-15(18)23/h3,5-6,9,14H,4,7-8,10H2,1-2H3,(H2,18,23). The molecule has 1 aliphatic rings. The first-order chi connectivity index (χ1) is 11.5. The van der Waals surface area contributed by atoms with Crippen molar-refractivity contribution in [2.45, 2.75) is 39.3 Å². The summed E-state index contributed by atoms with van der Waals surface area (Å²) in [5, 5.41) is 7.70. The Morgan fingerprint density at radius 2 is 2.00 bits per heavy atom. The molecule has 3 rings (SSSR count). The van der Waals surface area contributed by atoms with Crippen molar-refractivity contribution in [1.82, 2.24) is 19.9 Å². The number of benzene rings is 1. The second kappa shape index (κ2) is 6.43. The fourth-order valence-corrected chi connectivity index (χ4v) is 3.44. The van der Waals surface area contributed by atoms with Crippen molar-refractivity contribution in [3.63, 3.8) is 0 Å². The van der Waals surface area contributed by atoms with Gasteiger partial charge >= 0.3 is 0 Å². The van der Waals surface area contributed by atoms with E-state index in [1.54, 1.807) is 0 Å². The predicted molar refractivity (Wildman–Crippen MR) is 88.1 cm³/mol. The molecule has 7 nitrogen and oxygen atoms in total. The minimum atomic E-state index is -0.520. The van der Waals surface area contributed by atoms with Gasteiger partial charge in [-0.05, 0) is 43.4 Å². The lowest BCUT2D eigenvalue weighted by Gasteiger charge is -2.27. The highest BCUT2D eigenvalue weighted by atomic mass is 16.2. The van der Waals surface area contributed by atoms with Gasteiger partial charge in [-0.3, -0.25) is 9.59 Å². The predicted octanol–water partition coefficient (Wildman–Crippen LogP) is 1.36. The molecule has 0 aliphatic carbocycles. The Labute approximate surface area is 140 Å². The second-order valence-electron chi connectivity index (χ2n) is 6.23. The largest absolute Gasteiger partial charge is 0.368 e. The number of aryl methyl sites for hydroxylation is 2. The number of amides is 2. The fourth-order valence-electron chi connectivity index (χ4n) is 3.44. The van der Waals surface area contributed by atoms with E-state index in [-0.39, 0.29) is 24.2 Å². The Morgan fingerprint density at radius 3 is 2.67 bits per heavy atom. The normalized spacial score (nSPS) is 17.2. The number of carbonyl (C=O) groups excluding carboxylic acids is 2. The molecule has 1 fully saturated rings. The third kappa shape index (κ3) is 3.02. The maximum atomic E-state index is 12.8. The van der Waals surface area contributed by atoms with Gasteiger partial charge in [-0.2, -0.15) is 0 Å². The average molecular weight is 327 g/mol. The lowest BCUT2D eigenvalue weighted by atomic mass is 9.94. The van der Waals surface area contributed by atoms with E-state index in [4.69, 9.17) is 5.73 Å². The van der Waals surface area contributed by atoms with Crippen molar-refractivity contribution in [3.05, 3.63) is 46.8 Å². The molecule has 126 valence electrons. The Morgan fingerprint density at radius 1 is 1.29 bits per heavy atom. The zero-order valence-corrected chi connectivity index (χ0v) is 13.9. The molecule has 24 heavy (non-hydrogen) atoms. The van der Waals surface area contributed by atoms with E-state index in [2.05, 4.69) is 36.3 Å². The van der Waals surface area contributed by atoms with Crippen LogP contribution in [0.1, 0.15) is 46.1 Å². The Balaban J connectivity index is 1.86. The van der Waals surface area contributed by atoms with Crippen molar-refractivity contribution in [1.29, 1.82) is 0 Å². The summed E-state index contributed by atoms with van der Waals surface area (Å²) in [6.45, 7) is 4.76. The van der Waals surface area contributed by atoms with Crippen LogP contribution in [0.4, 0.5) is 0 Å². The fraction of sp³-hybridized carbons (Fsp3) is 0.412. The summed E-state index contributed by atoms with van der Waals surface area (Å²) in [5.41, 5.74) is 8.98. The molecular formula is C17H21N5O2. The summed E-state index contributed by atoms with van der Waals surface area (Å²) in [4.78, 5) is 25.7. The molecule has 0 radical (unpaired) electrons. The molecule has 1 atom stereocenters. The summed E-state index contributed by atoms with van der Waals surface area (Å²) in [6, 6.07) is 6.24. The molecule has 0 saturated carbocycles. The number of hydrogen-bond acceptors (Lipinski definition) is 4. The highest BCUT2D eigenvalue weighted by molar-refractivity contribution is 5.92. The van der Waals surface area contributed by atoms with Gasteiger partial charge in [-0.15, -0.1) is 5.10 Å². The van der Waals surface area contributed by atoms with Crippen molar-refractivity contribution < 1.29 is 9.59 Å². The quantitative estimate of drug-likeness (QED) is 0.917. The Kier molecular flexibility index (Phi) is 4.33. The number of primary amides is 1. The van der Waals surface area contributed by atoms with Gasteiger partial charge in [0.2, 0.25) is 5.91 Å². The van der Waals surface area contributed by atoms with E-state index in [9.17, 15) is 9.59 Å². The zero-order chi connectivity index (χ0) is 17.3. The topological polar surface area (TPSA) is 94.1 Å². The molecule has 1 aromatic heterocycles. The Hall–Kier alpha value is -2.70. The molecule has 2 heterocycles. The van der Waals surface area contributed by atoms with Crippen LogP contribution < -0.4 is 5.73 Å². The van der Waals surface area contributed by atoms with Crippen molar-refractivity contribution in [2.24, 2.45) is 5.73 Å². The summed E-state index contributed by atoms with van der Waals surface area (Å²) in [6.07, 6.45) is 3.37. The zero-order valence-electron chi connectivity index (χ0n) is 13.9. The number of carbonyl (C=O) groups is 2. The van der Waals surface area contributed by atoms with Crippen LogP contribution in [0.3, 0.4) is 0 Å². The lowest BCUT2D eigenvalue weighted by molar-refractivity contribution is -0.118. The van der Waals surface area contributed by atoms with Gasteiger partial charge in [0.25, 0.3) is 5.91 Å². The van der Waals surface area contributed by atoms with Gasteiger partial charge in [-0.25, -0.2) is 4.68 Å². The number of likely N-dealkylation sites (tertiary alicyclic amines) is 1. The minimum absolute atomic E-state index is 0.0555. The molecule has 1 aliphatic heterocycles. The molecule has 7 heteroatoms. The maximum Gasteiger partial charge on any atom is 0.276 e. The molecule has 2 N–H and O–H groups in total. The maximum absolute atomic E-state index is 12.8. The van der Waals surface area contributed by atoms with Gasteiger partial charge in [0, 0.05) is 6.54 Å². The van der Waals surface area contributed by atoms with E-state index in [0.29, 0.717) is 6.54 Å². The van der Waals surface area contributed by atoms with Gasteiger partial charge in [-0.1, -0.05) is 23.4 Å². The summed E-state index contributed by atoms with van der Waals surface area (Å²) in [7, 11) is 0. The highest BCUT2D eigenvalue weighted by Gasteiger charge is 2.33. The lowest BCUT2D eigenvalue weighted by Crippen LogP contribution is -2.31. The summed E-state index contributed by atoms with van der Waals surface area (Å²) in [5.74, 6) is -0.677. The van der Waals surface area contributed by atoms with Crippen molar-refractivity contribution in [3.8, 4) is 0 Å². The van der Waals surface area contributed by atoms with E-state index >= 15 is 0 Å². The van der Waals surface area contributed by atoms with Crippen LogP contribution in [0.15, 0.2) is 24.4 Å². The molecule has 0 bridgehead atoms. The third-order valence-corrected chi connectivity index (χ3v) is 4.46. The SMILES string of the molecule is Cc1cccc(C)c1C1CCCN1C(=O)c1cn(CC(N)=O)nn1. The van der Waals surface area contributed by atoms with Crippen LogP contribution in [0.5, 0.6) is 0 Å². The van der Waals surface area contributed by atoms with Crippen LogP contribution in [-0.2, 0) is 11.3 Å². The van der Waals surface area contributed by atoms with Crippen LogP contribution in [0.25, 0.3) is 0 Å². The van der Waals surface area contributed by atoms with Gasteiger partial charge in [0.1, 0.15) is 6.54 Å². The molecular weight excluding hydrogens is 306 g/mol. The first-order valence-corrected chi connectivity index (χ1v) is 8.03. The van der Waals surface area contributed by atoms with E-state index in [1.165, 1.54) is 27.6 Å². The molecule has 1 aromatic carbocycles. The van der Waals surface area contributed by atoms with E-state index in [0.717, 1.165) is 12.8 Å². The smallest absolute Gasteiger partial charge is 0.276 e. The number of aromatic nitrogens is 3.